The van der Waals surface area contributed by atoms with Gasteiger partial charge in [0.1, 0.15) is 5.75 Å². The molecule has 0 unspecified atom stereocenters. The quantitative estimate of drug-likeness (QED) is 0.502. The lowest BCUT2D eigenvalue weighted by molar-refractivity contribution is -0.137. The van der Waals surface area contributed by atoms with Gasteiger partial charge in [-0.05, 0) is 47.4 Å². The average Bonchev–Trinajstić information content (AvgIpc) is 3.02. The summed E-state index contributed by atoms with van der Waals surface area (Å²) >= 11 is 0. The molecular weight excluding hydrogens is 393 g/mol. The van der Waals surface area contributed by atoms with E-state index in [9.17, 15) is 18.0 Å². The zero-order valence-electron chi connectivity index (χ0n) is 17.2. The summed E-state index contributed by atoms with van der Waals surface area (Å²) < 4.78 is 43.4. The Hall–Kier alpha value is -2.96. The van der Waals surface area contributed by atoms with Crippen LogP contribution in [0, 0.1) is 5.41 Å². The number of amides is 1. The number of hydrogen-bond donors (Lipinski definition) is 2. The number of nitrogens with one attached hydrogen (secondary N) is 2. The van der Waals surface area contributed by atoms with Crippen LogP contribution >= 0.6 is 0 Å². The number of benzene rings is 2. The van der Waals surface area contributed by atoms with Gasteiger partial charge < -0.3 is 15.0 Å². The van der Waals surface area contributed by atoms with Crippen molar-refractivity contribution in [1.29, 1.82) is 0 Å². The van der Waals surface area contributed by atoms with Gasteiger partial charge in [0.05, 0.1) is 17.9 Å². The lowest BCUT2D eigenvalue weighted by Gasteiger charge is -2.17. The molecule has 0 spiro atoms. The maximum absolute atomic E-state index is 12.6. The third-order valence-electron chi connectivity index (χ3n) is 4.55. The fourth-order valence-corrected chi connectivity index (χ4v) is 3.13. The standard InChI is InChI=1S/C23H25F3N2O2/c1-22(2,3)13-21(29)28-20-14-27-19-9-4-15(12-18(19)20)10-11-30-17-7-5-16(6-8-17)23(24,25)26/h4-9,12,14,27H,10-11,13H2,1-3H3,(H,28,29). The molecule has 1 amide bonds. The molecule has 0 fully saturated rings. The number of aromatic amines is 1. The SMILES string of the molecule is CC(C)(C)CC(=O)Nc1c[nH]c2ccc(CCOc3ccc(C(F)(F)F)cc3)cc12. The largest absolute Gasteiger partial charge is 0.493 e. The summed E-state index contributed by atoms with van der Waals surface area (Å²) in [5.41, 5.74) is 1.84. The first-order valence-corrected chi connectivity index (χ1v) is 9.71. The Balaban J connectivity index is 1.62. The summed E-state index contributed by atoms with van der Waals surface area (Å²) in [6, 6.07) is 10.5. The first kappa shape index (κ1) is 21.7. The minimum Gasteiger partial charge on any atom is -0.493 e. The highest BCUT2D eigenvalue weighted by atomic mass is 19.4. The summed E-state index contributed by atoms with van der Waals surface area (Å²) in [4.78, 5) is 15.4. The van der Waals surface area contributed by atoms with Crippen LogP contribution in [-0.4, -0.2) is 17.5 Å². The Bertz CT molecular complexity index is 1020. The molecule has 7 heteroatoms. The fourth-order valence-electron chi connectivity index (χ4n) is 3.13. The lowest BCUT2D eigenvalue weighted by Crippen LogP contribution is -2.19. The van der Waals surface area contributed by atoms with Crippen LogP contribution in [0.2, 0.25) is 0 Å². The molecule has 0 aliphatic heterocycles. The van der Waals surface area contributed by atoms with Crippen LogP contribution in [0.25, 0.3) is 10.9 Å². The highest BCUT2D eigenvalue weighted by Crippen LogP contribution is 2.30. The lowest BCUT2D eigenvalue weighted by atomic mass is 9.92. The van der Waals surface area contributed by atoms with Gasteiger partial charge in [-0.3, -0.25) is 4.79 Å². The summed E-state index contributed by atoms with van der Waals surface area (Å²) in [5.74, 6) is 0.347. The van der Waals surface area contributed by atoms with Crippen LogP contribution in [0.5, 0.6) is 5.75 Å². The van der Waals surface area contributed by atoms with Gasteiger partial charge >= 0.3 is 6.18 Å². The van der Waals surface area contributed by atoms with E-state index in [1.165, 1.54) is 12.1 Å². The molecule has 3 rings (SSSR count). The highest BCUT2D eigenvalue weighted by molar-refractivity contribution is 6.01. The van der Waals surface area contributed by atoms with Crippen LogP contribution in [0.1, 0.15) is 38.3 Å². The second-order valence-electron chi connectivity index (χ2n) is 8.49. The molecule has 1 aromatic heterocycles. The summed E-state index contributed by atoms with van der Waals surface area (Å²) in [6.07, 6.45) is -1.59. The number of carbonyl (C=O) groups excluding carboxylic acids is 1. The number of halogens is 3. The predicted molar refractivity (Wildman–Crippen MR) is 112 cm³/mol. The smallest absolute Gasteiger partial charge is 0.416 e. The second-order valence-corrected chi connectivity index (χ2v) is 8.49. The van der Waals surface area contributed by atoms with E-state index in [0.717, 1.165) is 34.3 Å². The molecule has 30 heavy (non-hydrogen) atoms. The number of aromatic nitrogens is 1. The van der Waals surface area contributed by atoms with Crippen molar-refractivity contribution in [3.8, 4) is 5.75 Å². The third-order valence-corrected chi connectivity index (χ3v) is 4.55. The van der Waals surface area contributed by atoms with E-state index in [2.05, 4.69) is 10.3 Å². The Morgan fingerprint density at radius 3 is 2.40 bits per heavy atom. The number of H-pyrrole nitrogens is 1. The number of ether oxygens (including phenoxy) is 1. The molecule has 0 saturated carbocycles. The summed E-state index contributed by atoms with van der Waals surface area (Å²) in [5, 5.41) is 3.86. The monoisotopic (exact) mass is 418 g/mol. The molecule has 0 radical (unpaired) electrons. The molecule has 0 aliphatic rings. The first-order chi connectivity index (χ1) is 14.0. The van der Waals surface area contributed by atoms with Crippen molar-refractivity contribution in [1.82, 2.24) is 4.98 Å². The molecule has 4 nitrogen and oxygen atoms in total. The van der Waals surface area contributed by atoms with Crippen molar-refractivity contribution in [3.63, 3.8) is 0 Å². The zero-order chi connectivity index (χ0) is 21.9. The van der Waals surface area contributed by atoms with Gasteiger partial charge in [0.15, 0.2) is 0 Å². The van der Waals surface area contributed by atoms with Crippen molar-refractivity contribution in [2.24, 2.45) is 5.41 Å². The van der Waals surface area contributed by atoms with Crippen molar-refractivity contribution in [2.45, 2.75) is 39.8 Å². The molecular formula is C23H25F3N2O2. The van der Waals surface area contributed by atoms with E-state index in [4.69, 9.17) is 4.74 Å². The van der Waals surface area contributed by atoms with E-state index in [1.54, 1.807) is 6.20 Å². The van der Waals surface area contributed by atoms with E-state index in [-0.39, 0.29) is 11.3 Å². The predicted octanol–water partition coefficient (Wildman–Crippen LogP) is 6.18. The maximum atomic E-state index is 12.6. The van der Waals surface area contributed by atoms with Crippen LogP contribution in [-0.2, 0) is 17.4 Å². The van der Waals surface area contributed by atoms with Gasteiger partial charge in [0.2, 0.25) is 5.91 Å². The number of anilines is 1. The van der Waals surface area contributed by atoms with Crippen LogP contribution < -0.4 is 10.1 Å². The summed E-state index contributed by atoms with van der Waals surface area (Å²) in [7, 11) is 0. The van der Waals surface area contributed by atoms with Gasteiger partial charge in [0, 0.05) is 29.9 Å². The second kappa shape index (κ2) is 8.42. The minimum absolute atomic E-state index is 0.0422. The molecule has 1 heterocycles. The normalized spacial score (nSPS) is 12.2. The Morgan fingerprint density at radius 2 is 1.77 bits per heavy atom. The Kier molecular flexibility index (Phi) is 6.10. The van der Waals surface area contributed by atoms with Crippen molar-refractivity contribution >= 4 is 22.5 Å². The van der Waals surface area contributed by atoms with Gasteiger partial charge in [-0.2, -0.15) is 13.2 Å². The number of fused-ring (bicyclic) bond motifs is 1. The highest BCUT2D eigenvalue weighted by Gasteiger charge is 2.30. The van der Waals surface area contributed by atoms with Crippen LogP contribution in [0.4, 0.5) is 18.9 Å². The molecule has 0 atom stereocenters. The van der Waals surface area contributed by atoms with Gasteiger partial charge in [-0.1, -0.05) is 26.8 Å². The first-order valence-electron chi connectivity index (χ1n) is 9.71. The van der Waals surface area contributed by atoms with E-state index >= 15 is 0 Å². The maximum Gasteiger partial charge on any atom is 0.416 e. The third kappa shape index (κ3) is 5.78. The molecule has 0 saturated heterocycles. The molecule has 160 valence electrons. The van der Waals surface area contributed by atoms with Crippen molar-refractivity contribution in [3.05, 3.63) is 59.8 Å². The molecule has 3 aromatic rings. The topological polar surface area (TPSA) is 54.1 Å². The molecule has 2 aromatic carbocycles. The van der Waals surface area contributed by atoms with Crippen LogP contribution in [0.15, 0.2) is 48.7 Å². The molecule has 0 aliphatic carbocycles. The fraction of sp³-hybridized carbons (Fsp3) is 0.348. The zero-order valence-corrected chi connectivity index (χ0v) is 17.2. The molecule has 0 bridgehead atoms. The van der Waals surface area contributed by atoms with Gasteiger partial charge in [-0.15, -0.1) is 0 Å². The summed E-state index contributed by atoms with van der Waals surface area (Å²) in [6.45, 7) is 6.36. The number of rotatable bonds is 6. The van der Waals surface area contributed by atoms with Gasteiger partial charge in [-0.25, -0.2) is 0 Å². The van der Waals surface area contributed by atoms with Crippen molar-refractivity contribution in [2.75, 3.05) is 11.9 Å². The van der Waals surface area contributed by atoms with E-state index in [1.807, 2.05) is 39.0 Å². The van der Waals surface area contributed by atoms with E-state index in [0.29, 0.717) is 25.2 Å². The number of hydrogen-bond acceptors (Lipinski definition) is 2. The minimum atomic E-state index is -4.36. The Labute approximate surface area is 173 Å². The van der Waals surface area contributed by atoms with Crippen molar-refractivity contribution < 1.29 is 22.7 Å². The van der Waals surface area contributed by atoms with E-state index < -0.39 is 11.7 Å². The Morgan fingerprint density at radius 1 is 1.07 bits per heavy atom. The molecule has 2 N–H and O–H groups in total. The average molecular weight is 418 g/mol. The number of alkyl halides is 3. The van der Waals surface area contributed by atoms with Crippen LogP contribution in [0.3, 0.4) is 0 Å². The van der Waals surface area contributed by atoms with Gasteiger partial charge in [0.25, 0.3) is 0 Å². The number of carbonyl (C=O) groups is 1.